The smallest absolute Gasteiger partial charge is 0.216 e. The maximum absolute atomic E-state index is 15.1. The number of rotatable bonds is 9. The minimum absolute atomic E-state index is 0.00264. The molecule has 0 atom stereocenters. The summed E-state index contributed by atoms with van der Waals surface area (Å²) in [5.74, 6) is -3.28. The van der Waals surface area contributed by atoms with Crippen LogP contribution >= 0.6 is 0 Å². The number of hydrogen-bond donors (Lipinski definition) is 0. The van der Waals surface area contributed by atoms with Crippen LogP contribution in [0.2, 0.25) is 0 Å². The van der Waals surface area contributed by atoms with E-state index in [4.69, 9.17) is 56.1 Å². The summed E-state index contributed by atoms with van der Waals surface area (Å²) in [6, 6.07) is 47.1. The topological polar surface area (TPSA) is 204 Å². The van der Waals surface area contributed by atoms with Crippen LogP contribution < -0.4 is 22.8 Å². The molecule has 0 unspecified atom stereocenters. The lowest BCUT2D eigenvalue weighted by atomic mass is 9.96. The Bertz CT molecular complexity index is 9800. The summed E-state index contributed by atoms with van der Waals surface area (Å²) >= 11 is 0. The molecule has 137 heavy (non-hydrogen) atoms. The number of halogens is 5. The highest BCUT2D eigenvalue weighted by atomic mass is 19.1. The Balaban J connectivity index is 0.000000139. The third kappa shape index (κ3) is 17.2. The monoisotopic (exact) mass is 1840 g/mol. The lowest BCUT2D eigenvalue weighted by molar-refractivity contribution is -0.667. The number of nitriles is 5. The molecule has 0 aliphatic heterocycles. The van der Waals surface area contributed by atoms with Crippen LogP contribution in [0.1, 0.15) is 174 Å². The highest BCUT2D eigenvalue weighted by Gasteiger charge is 2.33. The summed E-state index contributed by atoms with van der Waals surface area (Å²) in [6.07, 6.45) is -3.43. The fourth-order valence-corrected chi connectivity index (χ4v) is 17.6. The molecule has 0 aliphatic rings. The van der Waals surface area contributed by atoms with Crippen molar-refractivity contribution in [3.8, 4) is 86.6 Å². The van der Waals surface area contributed by atoms with Gasteiger partial charge >= 0.3 is 0 Å². The number of pyridine rings is 5. The van der Waals surface area contributed by atoms with Crippen molar-refractivity contribution in [1.29, 1.82) is 26.3 Å². The molecule has 0 saturated heterocycles. The van der Waals surface area contributed by atoms with E-state index in [0.29, 0.717) is 177 Å². The molecule has 20 rings (SSSR count). The first-order chi connectivity index (χ1) is 73.7. The standard InChI is InChI=1S/2C25H24FN2O.C23H20FN2O.2C22H18FN2O/c2*1-14(2)8-18-10-16(4)28(5)21(11-18)23-15(3)9-20(26)24-19-7-6-17(13-27)12-22(19)29-25(23)24;1-12-6-8-17-18-9-7-16(11-25)21(24)23(18)27-22(17)20(12)19-10-13(2)14(3)15(4)26(19)5;2*1-12-7-14(3)25(4)18(8-12)20-13(2)9-17(23)21-16-6-5-15(11-24)10-19(16)26-22(20)21/h2*6-7,9-12,14H,8H2,1-5H3;6-10H,1-5H3;2*5-10H,1-4H3/q5*+1/i8D2,10D,11D;8D2;2D3,3D3,10D;1D3,7D,8D;1D3. The van der Waals surface area contributed by atoms with Crippen molar-refractivity contribution in [3.63, 3.8) is 0 Å². The summed E-state index contributed by atoms with van der Waals surface area (Å²) in [5.41, 5.74) is 13.9. The van der Waals surface area contributed by atoms with Crippen molar-refractivity contribution < 1.29 is 95.7 Å². The van der Waals surface area contributed by atoms with Gasteiger partial charge in [0, 0.05) is 149 Å². The molecule has 20 aromatic rings. The molecule has 0 bridgehead atoms. The van der Waals surface area contributed by atoms with Crippen LogP contribution in [0.25, 0.3) is 166 Å². The Morgan fingerprint density at radius 2 is 0.693 bits per heavy atom. The van der Waals surface area contributed by atoms with Crippen molar-refractivity contribution in [2.45, 2.75) is 137 Å². The maximum Gasteiger partial charge on any atom is 0.216 e. The van der Waals surface area contributed by atoms with Crippen molar-refractivity contribution in [1.82, 2.24) is 0 Å². The minimum atomic E-state index is -2.86. The largest absolute Gasteiger partial charge is 0.455 e. The van der Waals surface area contributed by atoms with Crippen LogP contribution in [0.4, 0.5) is 22.0 Å². The molecule has 0 N–H and O–H groups in total. The Labute approximate surface area is 821 Å². The van der Waals surface area contributed by atoms with E-state index < -0.39 is 80.9 Å². The third-order valence-electron chi connectivity index (χ3n) is 24.8. The second-order valence-corrected chi connectivity index (χ2v) is 34.7. The van der Waals surface area contributed by atoms with E-state index in [1.165, 1.54) is 47.9 Å². The molecule has 20 heteroatoms. The second kappa shape index (κ2) is 37.1. The van der Waals surface area contributed by atoms with Gasteiger partial charge in [-0.3, -0.25) is 0 Å². The SMILES string of the molecule is [2H]C([2H])([2H])c1cc(C)[n+](C)c(-c2c(C)cc(F)c3c2oc2cc(C#N)ccc23)c1.[2H]C([2H])(c1cc(C)[n+](C)c(-c2c(C)cc(F)c3c2oc2cc(C#N)ccc23)c1)C(C)C.[2H]c1c(C([2H])([2H])C(C)C)c([2H])c(-c2c(C)cc(F)c3c2oc2cc(C#N)ccc23)[n+](C)c1C.[2H]c1c(C([2H])([2H])[2H])c(C([2H])([2H])[2H])c(C)[n+](C)c1-c1c(C)ccc2c1oc1c(F)c(C#N)ccc12.[2H]c1c(C([2H])([2H])[2H])c([2H])c(-c2c(C)cc(F)c3c2oc2cc(C#N)ccc23)[n+](C)c1C. The van der Waals surface area contributed by atoms with Gasteiger partial charge in [-0.1, -0.05) is 39.8 Å². The first-order valence-corrected chi connectivity index (χ1v) is 43.6. The Hall–Kier alpha value is -16.0. The van der Waals surface area contributed by atoms with Gasteiger partial charge < -0.3 is 22.1 Å². The van der Waals surface area contributed by atoms with Crippen LogP contribution in [0.3, 0.4) is 0 Å². The summed E-state index contributed by atoms with van der Waals surface area (Å²) < 4.78 is 286. The van der Waals surface area contributed by atoms with Crippen LogP contribution in [0, 0.1) is 194 Å². The van der Waals surface area contributed by atoms with Gasteiger partial charge in [0.15, 0.2) is 62.2 Å². The number of hydrogen-bond acceptors (Lipinski definition) is 10. The number of furan rings is 5. The Morgan fingerprint density at radius 3 is 1.11 bits per heavy atom. The molecule has 0 spiro atoms. The first-order valence-electron chi connectivity index (χ1n) is 54.1. The minimum Gasteiger partial charge on any atom is -0.455 e. The zero-order valence-corrected chi connectivity index (χ0v) is 78.4. The quantitative estimate of drug-likeness (QED) is 0.0987. The average Bonchev–Trinajstić information content (AvgIpc) is 1.41. The van der Waals surface area contributed by atoms with E-state index in [1.807, 2.05) is 76.1 Å². The van der Waals surface area contributed by atoms with Gasteiger partial charge in [0.25, 0.3) is 0 Å². The van der Waals surface area contributed by atoms with E-state index in [9.17, 15) is 29.8 Å². The van der Waals surface area contributed by atoms with E-state index in [0.717, 1.165) is 22.6 Å². The summed E-state index contributed by atoms with van der Waals surface area (Å²) in [6.45, 7) is 13.9. The van der Waals surface area contributed by atoms with Crippen molar-refractivity contribution in [2.24, 2.45) is 47.1 Å². The lowest BCUT2D eigenvalue weighted by Gasteiger charge is -2.11. The van der Waals surface area contributed by atoms with E-state index in [2.05, 4.69) is 18.2 Å². The second-order valence-electron chi connectivity index (χ2n) is 34.7. The first kappa shape index (κ1) is 70.7. The van der Waals surface area contributed by atoms with E-state index in [1.54, 1.807) is 189 Å². The maximum atomic E-state index is 15.1. The highest BCUT2D eigenvalue weighted by Crippen LogP contribution is 2.46. The van der Waals surface area contributed by atoms with Crippen LogP contribution in [-0.4, -0.2) is 0 Å². The Kier molecular flexibility index (Phi) is 19.2. The average molecular weight is 1850 g/mol. The highest BCUT2D eigenvalue weighted by molar-refractivity contribution is 6.15. The van der Waals surface area contributed by atoms with Gasteiger partial charge in [-0.2, -0.15) is 49.1 Å². The molecule has 0 aliphatic carbocycles. The van der Waals surface area contributed by atoms with Gasteiger partial charge in [-0.25, -0.2) is 22.0 Å². The van der Waals surface area contributed by atoms with Crippen LogP contribution in [-0.2, 0) is 48.0 Å². The van der Waals surface area contributed by atoms with Gasteiger partial charge in [0.1, 0.15) is 92.5 Å². The number of nitrogens with zero attached hydrogens (tertiary/aromatic N) is 10. The number of benzene rings is 10. The van der Waals surface area contributed by atoms with Gasteiger partial charge in [-0.05, 0) is 251 Å². The van der Waals surface area contributed by atoms with Crippen molar-refractivity contribution in [3.05, 3.63) is 322 Å². The normalized spacial score (nSPS) is 14.2. The molecule has 682 valence electrons. The fraction of sp³-hybridized carbons (Fsp3) is 0.231. The number of aryl methyl sites for hydroxylation is 8. The van der Waals surface area contributed by atoms with Gasteiger partial charge in [0.2, 0.25) is 28.5 Å². The third-order valence-corrected chi connectivity index (χ3v) is 24.8. The van der Waals surface area contributed by atoms with Crippen molar-refractivity contribution >= 4 is 110 Å². The summed E-state index contributed by atoms with van der Waals surface area (Å²) in [7, 11) is 8.63. The van der Waals surface area contributed by atoms with E-state index >= 15 is 13.2 Å². The molecular formula is C117H104F5N10O5+5. The zero-order valence-electron chi connectivity index (χ0n) is 99.4. The molecule has 0 radical (unpaired) electrons. The number of aromatic nitrogens is 5. The van der Waals surface area contributed by atoms with Gasteiger partial charge in [0.05, 0.1) is 108 Å². The summed E-state index contributed by atoms with van der Waals surface area (Å²) in [4.78, 5) is 0. The van der Waals surface area contributed by atoms with Crippen LogP contribution in [0.15, 0.2) is 198 Å². The van der Waals surface area contributed by atoms with Crippen molar-refractivity contribution in [2.75, 3.05) is 0 Å². The molecule has 0 fully saturated rings. The Morgan fingerprint density at radius 1 is 0.321 bits per heavy atom. The number of fused-ring (bicyclic) bond motifs is 15. The molecule has 10 heterocycles. The summed E-state index contributed by atoms with van der Waals surface area (Å²) in [5, 5.41) is 50.2. The molecule has 15 nitrogen and oxygen atoms in total. The molecule has 10 aromatic heterocycles. The van der Waals surface area contributed by atoms with Gasteiger partial charge in [-0.15, -0.1) is 0 Å². The predicted molar refractivity (Wildman–Crippen MR) is 528 cm³/mol. The lowest BCUT2D eigenvalue weighted by Crippen LogP contribution is -2.36. The molecule has 0 saturated carbocycles. The predicted octanol–water partition coefficient (Wildman–Crippen LogP) is 27.2. The molecule has 10 aromatic carbocycles. The zero-order chi connectivity index (χ0) is 116. The van der Waals surface area contributed by atoms with E-state index in [-0.39, 0.29) is 114 Å². The van der Waals surface area contributed by atoms with Crippen LogP contribution in [0.5, 0.6) is 0 Å². The molecule has 0 amide bonds. The fourth-order valence-electron chi connectivity index (χ4n) is 17.6. The molecular weight excluding hydrogens is 1720 g/mol.